The van der Waals surface area contributed by atoms with Gasteiger partial charge in [-0.3, -0.25) is 0 Å². The van der Waals surface area contributed by atoms with Gasteiger partial charge in [-0.05, 0) is 30.5 Å². The second kappa shape index (κ2) is 6.30. The van der Waals surface area contributed by atoms with Gasteiger partial charge < -0.3 is 15.2 Å². The van der Waals surface area contributed by atoms with E-state index in [1.807, 2.05) is 18.2 Å². The third-order valence-electron chi connectivity index (χ3n) is 2.84. The highest BCUT2D eigenvalue weighted by Gasteiger charge is 2.11. The highest BCUT2D eigenvalue weighted by Crippen LogP contribution is 2.31. The summed E-state index contributed by atoms with van der Waals surface area (Å²) in [7, 11) is 3.24. The number of hydrogen-bond donors (Lipinski definition) is 1. The largest absolute Gasteiger partial charge is 0.493 e. The summed E-state index contributed by atoms with van der Waals surface area (Å²) >= 11 is 0. The zero-order valence-electron chi connectivity index (χ0n) is 10.8. The zero-order valence-corrected chi connectivity index (χ0v) is 10.8. The molecule has 1 unspecified atom stereocenters. The van der Waals surface area contributed by atoms with Crippen molar-refractivity contribution in [2.45, 2.75) is 25.8 Å². The van der Waals surface area contributed by atoms with E-state index in [1.54, 1.807) is 14.2 Å². The summed E-state index contributed by atoms with van der Waals surface area (Å²) in [4.78, 5) is 0. The lowest BCUT2D eigenvalue weighted by atomic mass is 9.99. The van der Waals surface area contributed by atoms with E-state index in [2.05, 4.69) is 13.5 Å². The molecule has 0 aromatic heterocycles. The minimum Gasteiger partial charge on any atom is -0.493 e. The fourth-order valence-electron chi connectivity index (χ4n) is 1.66. The van der Waals surface area contributed by atoms with Crippen molar-refractivity contribution in [3.63, 3.8) is 0 Å². The Morgan fingerprint density at radius 2 is 1.94 bits per heavy atom. The van der Waals surface area contributed by atoms with Crippen LogP contribution in [0, 0.1) is 0 Å². The molecule has 3 nitrogen and oxygen atoms in total. The number of ether oxygens (including phenoxy) is 2. The van der Waals surface area contributed by atoms with E-state index in [0.29, 0.717) is 5.75 Å². The highest BCUT2D eigenvalue weighted by atomic mass is 16.5. The predicted molar refractivity (Wildman–Crippen MR) is 70.5 cm³/mol. The average Bonchev–Trinajstić information content (AvgIpc) is 2.37. The van der Waals surface area contributed by atoms with Crippen molar-refractivity contribution in [1.82, 2.24) is 0 Å². The molecule has 1 rings (SSSR count). The normalized spacial score (nSPS) is 12.0. The Balaban J connectivity index is 2.87. The van der Waals surface area contributed by atoms with Crippen molar-refractivity contribution < 1.29 is 9.47 Å². The molecule has 0 saturated carbocycles. The number of benzene rings is 1. The Labute approximate surface area is 103 Å². The lowest BCUT2D eigenvalue weighted by Crippen LogP contribution is -2.11. The van der Waals surface area contributed by atoms with Crippen LogP contribution < -0.4 is 15.2 Å². The molecule has 1 aromatic rings. The number of methoxy groups -OCH3 is 2. The van der Waals surface area contributed by atoms with E-state index >= 15 is 0 Å². The van der Waals surface area contributed by atoms with E-state index in [0.717, 1.165) is 29.7 Å². The first-order chi connectivity index (χ1) is 8.12. The van der Waals surface area contributed by atoms with Crippen molar-refractivity contribution in [2.75, 3.05) is 14.2 Å². The lowest BCUT2D eigenvalue weighted by molar-refractivity contribution is 0.354. The van der Waals surface area contributed by atoms with Gasteiger partial charge in [-0.2, -0.15) is 0 Å². The third kappa shape index (κ3) is 3.49. The van der Waals surface area contributed by atoms with Crippen LogP contribution in [0.3, 0.4) is 0 Å². The lowest BCUT2D eigenvalue weighted by Gasteiger charge is -2.15. The quantitative estimate of drug-likeness (QED) is 0.771. The van der Waals surface area contributed by atoms with Crippen LogP contribution in [0.4, 0.5) is 0 Å². The fourth-order valence-corrected chi connectivity index (χ4v) is 1.66. The Morgan fingerprint density at radius 1 is 1.29 bits per heavy atom. The van der Waals surface area contributed by atoms with Crippen molar-refractivity contribution in [3.05, 3.63) is 35.9 Å². The summed E-state index contributed by atoms with van der Waals surface area (Å²) in [6.45, 7) is 6.07. The summed E-state index contributed by atoms with van der Waals surface area (Å²) in [6.07, 6.45) is 1.76. The predicted octanol–water partition coefficient (Wildman–Crippen LogP) is 3.06. The van der Waals surface area contributed by atoms with Gasteiger partial charge in [0, 0.05) is 6.04 Å². The molecule has 2 N–H and O–H groups in total. The molecular weight excluding hydrogens is 214 g/mol. The molecule has 3 heteroatoms. The Kier molecular flexibility index (Phi) is 5.04. The van der Waals surface area contributed by atoms with Crippen LogP contribution in [0.15, 0.2) is 30.4 Å². The van der Waals surface area contributed by atoms with E-state index in [9.17, 15) is 0 Å². The minimum atomic E-state index is -0.0396. The van der Waals surface area contributed by atoms with E-state index in [4.69, 9.17) is 15.2 Å². The van der Waals surface area contributed by atoms with Crippen LogP contribution in [0.2, 0.25) is 0 Å². The molecule has 94 valence electrons. The van der Waals surface area contributed by atoms with Gasteiger partial charge in [0.2, 0.25) is 0 Å². The molecule has 0 amide bonds. The standard InChI is InChI=1S/C14H21NO2/c1-5-10(2)8-12(15)11-6-7-13(16-3)14(9-11)17-4/h6-7,9,12H,2,5,8,15H2,1,3-4H3. The van der Waals surface area contributed by atoms with Crippen molar-refractivity contribution in [3.8, 4) is 11.5 Å². The molecule has 0 radical (unpaired) electrons. The first-order valence-electron chi connectivity index (χ1n) is 5.76. The molecule has 0 heterocycles. The van der Waals surface area contributed by atoms with Crippen LogP contribution in [-0.4, -0.2) is 14.2 Å². The van der Waals surface area contributed by atoms with Crippen molar-refractivity contribution in [1.29, 1.82) is 0 Å². The Bertz CT molecular complexity index is 388. The fraction of sp³-hybridized carbons (Fsp3) is 0.429. The highest BCUT2D eigenvalue weighted by molar-refractivity contribution is 5.43. The number of nitrogens with two attached hydrogens (primary N) is 1. The molecular formula is C14H21NO2. The molecule has 0 aliphatic carbocycles. The first-order valence-corrected chi connectivity index (χ1v) is 5.76. The average molecular weight is 235 g/mol. The van der Waals surface area contributed by atoms with Gasteiger partial charge in [-0.25, -0.2) is 0 Å². The van der Waals surface area contributed by atoms with Crippen LogP contribution in [0.1, 0.15) is 31.4 Å². The molecule has 1 aromatic carbocycles. The molecule has 0 bridgehead atoms. The molecule has 0 saturated heterocycles. The summed E-state index contributed by atoms with van der Waals surface area (Å²) in [5.41, 5.74) is 8.33. The monoisotopic (exact) mass is 235 g/mol. The van der Waals surface area contributed by atoms with E-state index in [1.165, 1.54) is 0 Å². The molecule has 0 aliphatic heterocycles. The van der Waals surface area contributed by atoms with Gasteiger partial charge in [0.05, 0.1) is 14.2 Å². The summed E-state index contributed by atoms with van der Waals surface area (Å²) < 4.78 is 10.4. The minimum absolute atomic E-state index is 0.0396. The molecule has 0 aliphatic rings. The smallest absolute Gasteiger partial charge is 0.161 e. The van der Waals surface area contributed by atoms with Crippen LogP contribution >= 0.6 is 0 Å². The molecule has 1 atom stereocenters. The Hall–Kier alpha value is -1.48. The van der Waals surface area contributed by atoms with Gasteiger partial charge in [0.15, 0.2) is 11.5 Å². The number of hydrogen-bond acceptors (Lipinski definition) is 3. The first kappa shape index (κ1) is 13.6. The second-order valence-electron chi connectivity index (χ2n) is 4.03. The molecule has 17 heavy (non-hydrogen) atoms. The maximum absolute atomic E-state index is 6.13. The van der Waals surface area contributed by atoms with Crippen LogP contribution in [0.25, 0.3) is 0 Å². The maximum atomic E-state index is 6.13. The maximum Gasteiger partial charge on any atom is 0.161 e. The molecule has 0 spiro atoms. The van der Waals surface area contributed by atoms with E-state index < -0.39 is 0 Å². The second-order valence-corrected chi connectivity index (χ2v) is 4.03. The number of rotatable bonds is 6. The molecule has 0 fully saturated rings. The SMILES string of the molecule is C=C(CC)CC(N)c1ccc(OC)c(OC)c1. The van der Waals surface area contributed by atoms with Gasteiger partial charge in [-0.1, -0.05) is 25.1 Å². The summed E-state index contributed by atoms with van der Waals surface area (Å²) in [5, 5.41) is 0. The van der Waals surface area contributed by atoms with Gasteiger partial charge in [-0.15, -0.1) is 0 Å². The zero-order chi connectivity index (χ0) is 12.8. The van der Waals surface area contributed by atoms with Crippen LogP contribution in [-0.2, 0) is 0 Å². The third-order valence-corrected chi connectivity index (χ3v) is 2.84. The van der Waals surface area contributed by atoms with Gasteiger partial charge >= 0.3 is 0 Å². The topological polar surface area (TPSA) is 44.5 Å². The van der Waals surface area contributed by atoms with Crippen LogP contribution in [0.5, 0.6) is 11.5 Å². The summed E-state index contributed by atoms with van der Waals surface area (Å²) in [5.74, 6) is 1.43. The van der Waals surface area contributed by atoms with E-state index in [-0.39, 0.29) is 6.04 Å². The van der Waals surface area contributed by atoms with Crippen molar-refractivity contribution in [2.24, 2.45) is 5.73 Å². The van der Waals surface area contributed by atoms with Gasteiger partial charge in [0.1, 0.15) is 0 Å². The van der Waals surface area contributed by atoms with Gasteiger partial charge in [0.25, 0.3) is 0 Å². The Morgan fingerprint density at radius 3 is 2.47 bits per heavy atom. The van der Waals surface area contributed by atoms with Crippen molar-refractivity contribution >= 4 is 0 Å². The summed E-state index contributed by atoms with van der Waals surface area (Å²) in [6, 6.07) is 5.73.